The molecule has 0 atom stereocenters. The van der Waals surface area contributed by atoms with E-state index in [4.69, 9.17) is 4.74 Å². The SMILES string of the molecule is CCOc1nc2c(C)c(-c3c(C)c(=O)c(=O)c3=O)cc(C(=O)[O-])c2n1Cc1ccc(-c2ccccc2-c2noc(=O)[nH]2)cc1.[K+]. The number of carbonyl (C=O) groups excluding carboxylic acids is 1. The second-order valence-corrected chi connectivity index (χ2v) is 10.2. The molecule has 0 saturated heterocycles. The minimum atomic E-state index is -1.53. The van der Waals surface area contributed by atoms with Crippen LogP contribution in [0, 0.1) is 13.8 Å². The summed E-state index contributed by atoms with van der Waals surface area (Å²) < 4.78 is 12.1. The Labute approximate surface area is 296 Å². The first-order chi connectivity index (χ1) is 21.1. The van der Waals surface area contributed by atoms with Crippen molar-refractivity contribution in [1.29, 1.82) is 0 Å². The van der Waals surface area contributed by atoms with Crippen molar-refractivity contribution in [1.82, 2.24) is 19.7 Å². The topological polar surface area (TPSA) is 177 Å². The molecule has 0 amide bonds. The smallest absolute Gasteiger partial charge is 0.545 e. The van der Waals surface area contributed by atoms with E-state index in [1.54, 1.807) is 18.4 Å². The third kappa shape index (κ3) is 5.57. The van der Waals surface area contributed by atoms with Gasteiger partial charge in [0, 0.05) is 22.3 Å². The number of hydrogen-bond donors (Lipinski definition) is 1. The van der Waals surface area contributed by atoms with E-state index < -0.39 is 28.0 Å². The zero-order chi connectivity index (χ0) is 31.3. The normalized spacial score (nSPS) is 11.1. The van der Waals surface area contributed by atoms with Crippen LogP contribution in [0.25, 0.3) is 44.7 Å². The van der Waals surface area contributed by atoms with Gasteiger partial charge in [0.25, 0.3) is 11.4 Å². The number of aromatic carboxylic acids is 1. The molecule has 0 spiro atoms. The number of aromatic amines is 1. The maximum atomic E-state index is 12.7. The predicted octanol–water partition coefficient (Wildman–Crippen LogP) is -0.899. The number of carbonyl (C=O) groups is 1. The zero-order valence-electron chi connectivity index (χ0n) is 24.7. The van der Waals surface area contributed by atoms with Crippen molar-refractivity contribution in [3.05, 3.63) is 118 Å². The average Bonchev–Trinajstić information content (AvgIpc) is 3.66. The number of H-pyrrole nitrogens is 1. The van der Waals surface area contributed by atoms with Gasteiger partial charge >= 0.3 is 57.1 Å². The number of benzene rings is 3. The quantitative estimate of drug-likeness (QED) is 0.164. The molecule has 0 unspecified atom stereocenters. The summed E-state index contributed by atoms with van der Waals surface area (Å²) in [4.78, 5) is 68.1. The summed E-state index contributed by atoms with van der Waals surface area (Å²) in [5.74, 6) is -1.89. The Morgan fingerprint density at radius 3 is 2.20 bits per heavy atom. The van der Waals surface area contributed by atoms with Crippen LogP contribution in [-0.2, 0) is 6.54 Å². The molecule has 45 heavy (non-hydrogen) atoms. The minimum absolute atomic E-state index is 0. The fourth-order valence-corrected chi connectivity index (χ4v) is 5.47. The van der Waals surface area contributed by atoms with Crippen molar-refractivity contribution < 1.29 is 70.5 Å². The van der Waals surface area contributed by atoms with Gasteiger partial charge < -0.3 is 14.6 Å². The van der Waals surface area contributed by atoms with E-state index in [2.05, 4.69) is 19.6 Å². The molecule has 6 aromatic rings. The molecule has 12 nitrogen and oxygen atoms in total. The second-order valence-electron chi connectivity index (χ2n) is 10.2. The monoisotopic (exact) mass is 630 g/mol. The van der Waals surface area contributed by atoms with Crippen LogP contribution >= 0.6 is 0 Å². The standard InChI is InChI=1S/C32H24N4O8.K/c1-4-43-31-33-24-15(2)21(23-16(3)26(37)28(39)27(23)38)13-22(30(40)41)25(24)36(31)14-17-9-11-18(12-10-17)19-7-5-6-8-20(19)29-34-32(42)44-35-29;/h5-13H,4,14H2,1-3H3,(H,40,41)(H,34,35,42);/q;+1/p-1. The van der Waals surface area contributed by atoms with Crippen molar-refractivity contribution in [3.8, 4) is 39.7 Å². The van der Waals surface area contributed by atoms with Crippen LogP contribution in [0.3, 0.4) is 0 Å². The van der Waals surface area contributed by atoms with Crippen LogP contribution in [0.5, 0.6) is 6.01 Å². The molecule has 6 rings (SSSR count). The van der Waals surface area contributed by atoms with Gasteiger partial charge in [-0.15, -0.1) is 0 Å². The van der Waals surface area contributed by atoms with Crippen molar-refractivity contribution in [2.24, 2.45) is 0 Å². The molecule has 1 N–H and O–H groups in total. The molecule has 0 aliphatic heterocycles. The Hall–Kier alpha value is -4.27. The third-order valence-electron chi connectivity index (χ3n) is 7.58. The number of rotatable bonds is 8. The first kappa shape index (κ1) is 32.1. The van der Waals surface area contributed by atoms with E-state index in [0.717, 1.165) is 16.7 Å². The Kier molecular flexibility index (Phi) is 9.01. The third-order valence-corrected chi connectivity index (χ3v) is 7.58. The van der Waals surface area contributed by atoms with Gasteiger partial charge in [-0.25, -0.2) is 4.79 Å². The number of hydrogen-bond acceptors (Lipinski definition) is 10. The molecule has 4 aromatic carbocycles. The fourth-order valence-electron chi connectivity index (χ4n) is 5.47. The molecular weight excluding hydrogens is 607 g/mol. The molecule has 0 fully saturated rings. The minimum Gasteiger partial charge on any atom is -0.545 e. The van der Waals surface area contributed by atoms with Gasteiger partial charge in [-0.3, -0.25) is 28.5 Å². The van der Waals surface area contributed by atoms with E-state index in [1.807, 2.05) is 48.5 Å². The Bertz CT molecular complexity index is 2310. The van der Waals surface area contributed by atoms with Crippen LogP contribution in [-0.4, -0.2) is 32.3 Å². The van der Waals surface area contributed by atoms with Gasteiger partial charge in [-0.05, 0) is 54.7 Å². The molecule has 0 bridgehead atoms. The molecule has 0 aliphatic rings. The Morgan fingerprint density at radius 2 is 1.62 bits per heavy atom. The molecule has 2 aromatic heterocycles. The number of ether oxygens (including phenoxy) is 1. The summed E-state index contributed by atoms with van der Waals surface area (Å²) in [6.45, 7) is 5.17. The van der Waals surface area contributed by atoms with E-state index in [-0.39, 0.29) is 104 Å². The largest absolute Gasteiger partial charge is 1.00 e. The fraction of sp³-hybridized carbons (Fsp3) is 0.156. The summed E-state index contributed by atoms with van der Waals surface area (Å²) in [5, 5.41) is 16.2. The maximum absolute atomic E-state index is 12.7. The van der Waals surface area contributed by atoms with E-state index in [0.29, 0.717) is 17.0 Å². The molecule has 2 heterocycles. The summed E-state index contributed by atoms with van der Waals surface area (Å²) in [7, 11) is 0. The van der Waals surface area contributed by atoms with Crippen molar-refractivity contribution in [2.45, 2.75) is 27.3 Å². The van der Waals surface area contributed by atoms with Gasteiger partial charge in [0.05, 0.1) is 30.2 Å². The average molecular weight is 631 g/mol. The molecule has 13 heteroatoms. The van der Waals surface area contributed by atoms with Crippen molar-refractivity contribution >= 4 is 17.0 Å². The van der Waals surface area contributed by atoms with Crippen LogP contribution in [0.15, 0.2) is 78.3 Å². The van der Waals surface area contributed by atoms with Crippen LogP contribution in [0.2, 0.25) is 0 Å². The van der Waals surface area contributed by atoms with Gasteiger partial charge in [-0.1, -0.05) is 53.7 Å². The number of nitrogens with zero attached hydrogens (tertiary/aromatic N) is 3. The first-order valence-electron chi connectivity index (χ1n) is 13.6. The van der Waals surface area contributed by atoms with Gasteiger partial charge in [-0.2, -0.15) is 4.98 Å². The summed E-state index contributed by atoms with van der Waals surface area (Å²) in [5.41, 5.74) is 0.550. The number of carboxylic acid groups (broad SMARTS) is 1. The van der Waals surface area contributed by atoms with Crippen molar-refractivity contribution in [2.75, 3.05) is 6.61 Å². The molecular formula is C32H23KN4O8. The van der Waals surface area contributed by atoms with Crippen molar-refractivity contribution in [3.63, 3.8) is 0 Å². The van der Waals surface area contributed by atoms with Gasteiger partial charge in [0.2, 0.25) is 10.9 Å². The number of imidazole rings is 1. The van der Waals surface area contributed by atoms with Crippen LogP contribution in [0.4, 0.5) is 0 Å². The van der Waals surface area contributed by atoms with E-state index in [1.165, 1.54) is 13.0 Å². The number of aromatic nitrogens is 4. The van der Waals surface area contributed by atoms with Gasteiger partial charge in [0.15, 0.2) is 5.82 Å². The molecule has 0 aliphatic carbocycles. The number of aryl methyl sites for hydroxylation is 1. The molecule has 220 valence electrons. The predicted molar refractivity (Wildman–Crippen MR) is 158 cm³/mol. The summed E-state index contributed by atoms with van der Waals surface area (Å²) in [6.07, 6.45) is 0. The van der Waals surface area contributed by atoms with Gasteiger partial charge in [0.1, 0.15) is 0 Å². The van der Waals surface area contributed by atoms with Crippen LogP contribution in [0.1, 0.15) is 34.0 Å². The Morgan fingerprint density at radius 1 is 0.933 bits per heavy atom. The number of nitrogens with one attached hydrogen (secondary N) is 1. The zero-order valence-corrected chi connectivity index (χ0v) is 27.8. The molecule has 0 saturated carbocycles. The Balaban J connectivity index is 0.00000400. The van der Waals surface area contributed by atoms with E-state index >= 15 is 0 Å². The van der Waals surface area contributed by atoms with E-state index in [9.17, 15) is 29.1 Å². The summed E-state index contributed by atoms with van der Waals surface area (Å²) >= 11 is 0. The first-order valence-corrected chi connectivity index (χ1v) is 13.6. The maximum Gasteiger partial charge on any atom is 1.00 e. The summed E-state index contributed by atoms with van der Waals surface area (Å²) in [6, 6.07) is 16.2. The second kappa shape index (κ2) is 12.6. The van der Waals surface area contributed by atoms with Crippen LogP contribution < -0.4 is 83.3 Å². The number of fused-ring (bicyclic) bond motifs is 1. The number of carboxylic acids is 1. The molecule has 0 radical (unpaired) electrons.